The summed E-state index contributed by atoms with van der Waals surface area (Å²) >= 11 is 1.76. The third-order valence-electron chi connectivity index (χ3n) is 2.80. The summed E-state index contributed by atoms with van der Waals surface area (Å²) < 4.78 is 0. The standard InChI is InChI=1S/C13H17N3S/c1-4-5-11-12(10-6-7-17-9(10)2)15-8-16-13(11)14-3/h6-8H,4-5H2,1-3H3,(H,14,15,16). The molecule has 1 N–H and O–H groups in total. The molecule has 2 heterocycles. The summed E-state index contributed by atoms with van der Waals surface area (Å²) in [6.07, 6.45) is 3.73. The van der Waals surface area contributed by atoms with E-state index in [1.54, 1.807) is 17.7 Å². The van der Waals surface area contributed by atoms with Gasteiger partial charge in [-0.05, 0) is 24.8 Å². The lowest BCUT2D eigenvalue weighted by Crippen LogP contribution is -2.03. The van der Waals surface area contributed by atoms with Gasteiger partial charge in [0.25, 0.3) is 0 Å². The highest BCUT2D eigenvalue weighted by atomic mass is 32.1. The van der Waals surface area contributed by atoms with Crippen molar-refractivity contribution in [3.63, 3.8) is 0 Å². The highest BCUT2D eigenvalue weighted by Gasteiger charge is 2.13. The monoisotopic (exact) mass is 247 g/mol. The van der Waals surface area contributed by atoms with Crippen molar-refractivity contribution in [2.75, 3.05) is 12.4 Å². The van der Waals surface area contributed by atoms with Crippen LogP contribution < -0.4 is 5.32 Å². The second kappa shape index (κ2) is 5.27. The van der Waals surface area contributed by atoms with E-state index < -0.39 is 0 Å². The van der Waals surface area contributed by atoms with E-state index in [0.29, 0.717) is 0 Å². The van der Waals surface area contributed by atoms with Crippen LogP contribution in [0.4, 0.5) is 5.82 Å². The summed E-state index contributed by atoms with van der Waals surface area (Å²) in [6, 6.07) is 2.14. The van der Waals surface area contributed by atoms with Crippen LogP contribution in [0, 0.1) is 6.92 Å². The third-order valence-corrected chi connectivity index (χ3v) is 3.64. The Balaban J connectivity index is 2.57. The van der Waals surface area contributed by atoms with Gasteiger partial charge >= 0.3 is 0 Å². The molecule has 0 saturated carbocycles. The van der Waals surface area contributed by atoms with Crippen LogP contribution >= 0.6 is 11.3 Å². The smallest absolute Gasteiger partial charge is 0.132 e. The summed E-state index contributed by atoms with van der Waals surface area (Å²) in [5.41, 5.74) is 3.53. The molecule has 0 aromatic carbocycles. The number of hydrogen-bond acceptors (Lipinski definition) is 4. The quantitative estimate of drug-likeness (QED) is 0.898. The Hall–Kier alpha value is -1.42. The van der Waals surface area contributed by atoms with Gasteiger partial charge < -0.3 is 5.32 Å². The van der Waals surface area contributed by atoms with E-state index in [0.717, 1.165) is 24.4 Å². The maximum absolute atomic E-state index is 4.46. The lowest BCUT2D eigenvalue weighted by atomic mass is 10.0. The van der Waals surface area contributed by atoms with Crippen molar-refractivity contribution in [1.82, 2.24) is 9.97 Å². The molecule has 2 aromatic rings. The molecule has 0 spiro atoms. The van der Waals surface area contributed by atoms with Crippen LogP contribution in [0.5, 0.6) is 0 Å². The fourth-order valence-corrected chi connectivity index (χ4v) is 2.68. The minimum absolute atomic E-state index is 0.947. The molecule has 0 saturated heterocycles. The van der Waals surface area contributed by atoms with Gasteiger partial charge in [-0.25, -0.2) is 9.97 Å². The number of aryl methyl sites for hydroxylation is 1. The van der Waals surface area contributed by atoms with Crippen molar-refractivity contribution >= 4 is 17.2 Å². The second-order valence-electron chi connectivity index (χ2n) is 3.94. The third kappa shape index (κ3) is 2.31. The fraction of sp³-hybridized carbons (Fsp3) is 0.385. The largest absolute Gasteiger partial charge is 0.373 e. The first-order valence-electron chi connectivity index (χ1n) is 5.84. The molecule has 0 aliphatic carbocycles. The maximum Gasteiger partial charge on any atom is 0.132 e. The average Bonchev–Trinajstić information content (AvgIpc) is 2.76. The molecule has 0 aliphatic rings. The highest BCUT2D eigenvalue weighted by molar-refractivity contribution is 7.10. The Morgan fingerprint density at radius 3 is 2.76 bits per heavy atom. The van der Waals surface area contributed by atoms with Crippen LogP contribution in [-0.2, 0) is 6.42 Å². The molecular formula is C13H17N3S. The van der Waals surface area contributed by atoms with Crippen LogP contribution in [0.15, 0.2) is 17.8 Å². The number of nitrogens with one attached hydrogen (secondary N) is 1. The molecule has 0 aliphatic heterocycles. The van der Waals surface area contributed by atoms with Gasteiger partial charge in [0.15, 0.2) is 0 Å². The molecule has 17 heavy (non-hydrogen) atoms. The van der Waals surface area contributed by atoms with Gasteiger partial charge in [0.05, 0.1) is 5.69 Å². The number of hydrogen-bond donors (Lipinski definition) is 1. The molecule has 0 amide bonds. The molecule has 0 bridgehead atoms. The average molecular weight is 247 g/mol. The van der Waals surface area contributed by atoms with Gasteiger partial charge in [0.2, 0.25) is 0 Å². The molecule has 0 unspecified atom stereocenters. The first kappa shape index (κ1) is 12.0. The molecule has 0 atom stereocenters. The SMILES string of the molecule is CCCc1c(NC)ncnc1-c1ccsc1C. The minimum atomic E-state index is 0.947. The lowest BCUT2D eigenvalue weighted by molar-refractivity contribution is 0.905. The van der Waals surface area contributed by atoms with Gasteiger partial charge in [-0.1, -0.05) is 13.3 Å². The summed E-state index contributed by atoms with van der Waals surface area (Å²) in [6.45, 7) is 4.31. The second-order valence-corrected chi connectivity index (χ2v) is 5.06. The Bertz CT molecular complexity index is 505. The van der Waals surface area contributed by atoms with Crippen LogP contribution in [0.2, 0.25) is 0 Å². The lowest BCUT2D eigenvalue weighted by Gasteiger charge is -2.11. The van der Waals surface area contributed by atoms with Crippen molar-refractivity contribution in [2.45, 2.75) is 26.7 Å². The van der Waals surface area contributed by atoms with E-state index in [1.165, 1.54) is 16.0 Å². The van der Waals surface area contributed by atoms with Crippen molar-refractivity contribution in [3.05, 3.63) is 28.2 Å². The van der Waals surface area contributed by atoms with Gasteiger partial charge in [-0.3, -0.25) is 0 Å². The topological polar surface area (TPSA) is 37.8 Å². The molecule has 3 nitrogen and oxygen atoms in total. The Morgan fingerprint density at radius 1 is 1.35 bits per heavy atom. The molecule has 2 rings (SSSR count). The van der Waals surface area contributed by atoms with Gasteiger partial charge in [0.1, 0.15) is 12.1 Å². The maximum atomic E-state index is 4.46. The number of aromatic nitrogens is 2. The predicted molar refractivity (Wildman–Crippen MR) is 73.6 cm³/mol. The molecule has 90 valence electrons. The van der Waals surface area contributed by atoms with Crippen molar-refractivity contribution in [1.29, 1.82) is 0 Å². The Morgan fingerprint density at radius 2 is 2.18 bits per heavy atom. The van der Waals surface area contributed by atoms with Crippen LogP contribution in [-0.4, -0.2) is 17.0 Å². The zero-order valence-corrected chi connectivity index (χ0v) is 11.3. The normalized spacial score (nSPS) is 10.5. The van der Waals surface area contributed by atoms with Crippen molar-refractivity contribution in [3.8, 4) is 11.3 Å². The predicted octanol–water partition coefficient (Wildman–Crippen LogP) is 3.51. The number of nitrogens with zero attached hydrogens (tertiary/aromatic N) is 2. The number of anilines is 1. The highest BCUT2D eigenvalue weighted by Crippen LogP contribution is 2.31. The first-order chi connectivity index (χ1) is 8.27. The zero-order chi connectivity index (χ0) is 12.3. The van der Waals surface area contributed by atoms with Crippen molar-refractivity contribution < 1.29 is 0 Å². The van der Waals surface area contributed by atoms with E-state index in [1.807, 2.05) is 7.05 Å². The van der Waals surface area contributed by atoms with Crippen LogP contribution in [0.1, 0.15) is 23.8 Å². The van der Waals surface area contributed by atoms with Gasteiger partial charge in [0, 0.05) is 23.1 Å². The molecule has 0 fully saturated rings. The van der Waals surface area contributed by atoms with E-state index in [-0.39, 0.29) is 0 Å². The van der Waals surface area contributed by atoms with E-state index in [9.17, 15) is 0 Å². The van der Waals surface area contributed by atoms with Crippen molar-refractivity contribution in [2.24, 2.45) is 0 Å². The first-order valence-corrected chi connectivity index (χ1v) is 6.72. The van der Waals surface area contributed by atoms with E-state index in [2.05, 4.69) is 40.6 Å². The van der Waals surface area contributed by atoms with Gasteiger partial charge in [-0.2, -0.15) is 0 Å². The number of thiophene rings is 1. The van der Waals surface area contributed by atoms with E-state index >= 15 is 0 Å². The zero-order valence-electron chi connectivity index (χ0n) is 10.4. The molecular weight excluding hydrogens is 230 g/mol. The summed E-state index contributed by atoms with van der Waals surface area (Å²) in [5.74, 6) is 0.947. The number of rotatable bonds is 4. The van der Waals surface area contributed by atoms with E-state index in [4.69, 9.17) is 0 Å². The summed E-state index contributed by atoms with van der Waals surface area (Å²) in [4.78, 5) is 10.1. The Kier molecular flexibility index (Phi) is 3.74. The van der Waals surface area contributed by atoms with Crippen LogP contribution in [0.3, 0.4) is 0 Å². The minimum Gasteiger partial charge on any atom is -0.373 e. The van der Waals surface area contributed by atoms with Gasteiger partial charge in [-0.15, -0.1) is 11.3 Å². The summed E-state index contributed by atoms with van der Waals surface area (Å²) in [5, 5.41) is 5.27. The molecule has 0 radical (unpaired) electrons. The summed E-state index contributed by atoms with van der Waals surface area (Å²) in [7, 11) is 1.91. The molecule has 4 heteroatoms. The molecule has 2 aromatic heterocycles. The Labute approximate surface area is 106 Å². The fourth-order valence-electron chi connectivity index (χ4n) is 1.98. The van der Waals surface area contributed by atoms with Crippen LogP contribution in [0.25, 0.3) is 11.3 Å².